The first-order valence-corrected chi connectivity index (χ1v) is 25.4. The second-order valence-corrected chi connectivity index (χ2v) is 18.5. The predicted molar refractivity (Wildman–Crippen MR) is 303 cm³/mol. The Hall–Kier alpha value is -10.1. The number of halogens is 2. The first kappa shape index (κ1) is 63.1. The summed E-state index contributed by atoms with van der Waals surface area (Å²) in [6.07, 6.45) is 2.77. The molecule has 9 aromatic rings. The van der Waals surface area contributed by atoms with E-state index in [4.69, 9.17) is 67.4 Å². The summed E-state index contributed by atoms with van der Waals surface area (Å²) in [6.45, 7) is -0.418. The van der Waals surface area contributed by atoms with Crippen molar-refractivity contribution >= 4 is 111 Å². The van der Waals surface area contributed by atoms with Crippen molar-refractivity contribution in [1.29, 1.82) is 0 Å². The summed E-state index contributed by atoms with van der Waals surface area (Å²) in [5.41, 5.74) is 27.4. The second-order valence-electron chi connectivity index (χ2n) is 17.7. The Bertz CT molecular complexity index is 3910. The molecular formula is C49H54F2N20O11S2. The van der Waals surface area contributed by atoms with E-state index in [2.05, 4.69) is 70.1 Å². The van der Waals surface area contributed by atoms with E-state index in [9.17, 15) is 43.0 Å². The Morgan fingerprint density at radius 3 is 2.10 bits per heavy atom. The average molecular weight is 1200 g/mol. The number of rotatable bonds is 15. The van der Waals surface area contributed by atoms with Crippen LogP contribution in [0.4, 0.5) is 38.0 Å². The van der Waals surface area contributed by atoms with Crippen LogP contribution in [0.5, 0.6) is 0 Å². The molecule has 0 radical (unpaired) electrons. The molecule has 31 nitrogen and oxygen atoms in total. The summed E-state index contributed by atoms with van der Waals surface area (Å²) in [5, 5.41) is 46.7. The number of nitrogens with one attached hydrogen (secondary N) is 5. The van der Waals surface area contributed by atoms with E-state index in [0.29, 0.717) is 48.4 Å². The number of aryl methyl sites for hydroxylation is 1. The molecule has 0 spiro atoms. The number of aliphatic hydroxyl groups is 2. The molecule has 1 saturated heterocycles. The maximum absolute atomic E-state index is 13.7. The van der Waals surface area contributed by atoms with Crippen molar-refractivity contribution in [2.75, 3.05) is 41.5 Å². The molecule has 1 fully saturated rings. The number of benzene rings is 2. The van der Waals surface area contributed by atoms with Gasteiger partial charge in [0.1, 0.15) is 29.0 Å². The van der Waals surface area contributed by atoms with Gasteiger partial charge in [0.15, 0.2) is 43.7 Å². The van der Waals surface area contributed by atoms with Crippen LogP contribution in [-0.4, -0.2) is 157 Å². The number of aliphatic hydroxyl groups excluding tert-OH is 2. The first-order valence-electron chi connectivity index (χ1n) is 24.5. The maximum atomic E-state index is 13.7. The maximum Gasteiger partial charge on any atom is 0.351 e. The van der Waals surface area contributed by atoms with Gasteiger partial charge < -0.3 is 83.4 Å². The number of nitrogens with zero attached hydrogens (tertiary/aromatic N) is 11. The van der Waals surface area contributed by atoms with E-state index >= 15 is 0 Å². The number of aliphatic carboxylic acids is 3. The quantitative estimate of drug-likeness (QED) is 0.0656. The highest BCUT2D eigenvalue weighted by molar-refractivity contribution is 7.71. The number of hydrogen-bond donors (Lipinski definition) is 14. The summed E-state index contributed by atoms with van der Waals surface area (Å²) in [5.74, 6) is -7.17. The van der Waals surface area contributed by atoms with Gasteiger partial charge in [0.2, 0.25) is 18.1 Å². The van der Waals surface area contributed by atoms with Gasteiger partial charge in [-0.15, -0.1) is 0 Å². The number of aromatic amines is 4. The Morgan fingerprint density at radius 1 is 0.821 bits per heavy atom. The summed E-state index contributed by atoms with van der Waals surface area (Å²) in [7, 11) is 1.82. The van der Waals surface area contributed by atoms with Crippen molar-refractivity contribution in [3.63, 3.8) is 0 Å². The molecule has 8 heterocycles. The topological polar surface area (TPSA) is 499 Å². The van der Waals surface area contributed by atoms with Gasteiger partial charge >= 0.3 is 29.5 Å². The number of H-pyrrole nitrogens is 4. The van der Waals surface area contributed by atoms with Crippen molar-refractivity contribution in [3.05, 3.63) is 129 Å². The molecule has 35 heteroatoms. The van der Waals surface area contributed by atoms with Crippen molar-refractivity contribution in [2.45, 2.75) is 69.0 Å². The number of carbonyl (C=O) groups is 4. The molecule has 0 aliphatic carbocycles. The van der Waals surface area contributed by atoms with E-state index in [1.807, 2.05) is 42.3 Å². The smallest absolute Gasteiger partial charge is 0.351 e. The molecule has 1 amide bonds. The van der Waals surface area contributed by atoms with Crippen molar-refractivity contribution in [2.24, 2.45) is 0 Å². The van der Waals surface area contributed by atoms with E-state index < -0.39 is 66.5 Å². The molecule has 0 unspecified atom stereocenters. The van der Waals surface area contributed by atoms with E-state index in [-0.39, 0.29) is 48.4 Å². The highest BCUT2D eigenvalue weighted by Crippen LogP contribution is 2.42. The van der Waals surface area contributed by atoms with Crippen LogP contribution >= 0.6 is 24.4 Å². The lowest BCUT2D eigenvalue weighted by molar-refractivity contribution is -0.141. The zero-order chi connectivity index (χ0) is 61.3. The van der Waals surface area contributed by atoms with Gasteiger partial charge in [-0.1, -0.05) is 54.8 Å². The fourth-order valence-corrected chi connectivity index (χ4v) is 7.95. The summed E-state index contributed by atoms with van der Waals surface area (Å²) in [6, 6.07) is 16.2. The fraction of sp³-hybridized carbons (Fsp3) is 0.265. The fourth-order valence-electron chi connectivity index (χ4n) is 7.49. The van der Waals surface area contributed by atoms with Crippen LogP contribution in [0.2, 0.25) is 0 Å². The number of ether oxygens (including phenoxy) is 1. The number of aromatic nitrogens is 14. The zero-order valence-corrected chi connectivity index (χ0v) is 45.5. The summed E-state index contributed by atoms with van der Waals surface area (Å²) < 4.78 is 33.7. The number of carbonyl (C=O) groups excluding carboxylic acids is 1. The van der Waals surface area contributed by atoms with Crippen molar-refractivity contribution in [1.82, 2.24) is 74.7 Å². The number of imidazole rings is 2. The number of nitrogen functional groups attached to an aromatic ring is 4. The van der Waals surface area contributed by atoms with Crippen LogP contribution in [0.3, 0.4) is 0 Å². The van der Waals surface area contributed by atoms with Gasteiger partial charge in [0.25, 0.3) is 5.91 Å². The highest BCUT2D eigenvalue weighted by atomic mass is 32.1. The average Bonchev–Trinajstić information content (AvgIpc) is 2.72. The minimum atomic E-state index is -3.71. The molecule has 4 atom stereocenters. The lowest BCUT2D eigenvalue weighted by atomic mass is 10.1. The Morgan fingerprint density at radius 2 is 1.48 bits per heavy atom. The molecule has 1 aliphatic heterocycles. The molecule has 1 aliphatic rings. The minimum Gasteiger partial charge on any atom is -0.481 e. The van der Waals surface area contributed by atoms with Gasteiger partial charge in [-0.3, -0.25) is 19.0 Å². The molecule has 0 saturated carbocycles. The van der Waals surface area contributed by atoms with Crippen molar-refractivity contribution in [3.8, 4) is 0 Å². The van der Waals surface area contributed by atoms with Crippen LogP contribution in [-0.2, 0) is 32.1 Å². The molecule has 2 aromatic carbocycles. The highest BCUT2D eigenvalue weighted by Gasteiger charge is 2.59. The van der Waals surface area contributed by atoms with Crippen LogP contribution in [0.1, 0.15) is 53.5 Å². The molecule has 10 rings (SSSR count). The third kappa shape index (κ3) is 17.2. The van der Waals surface area contributed by atoms with Gasteiger partial charge in [-0.2, -0.15) is 23.7 Å². The molecule has 18 N–H and O–H groups in total. The molecule has 0 bridgehead atoms. The minimum absolute atomic E-state index is 0.0138. The number of carboxylic acids is 3. The monoisotopic (exact) mass is 1200 g/mol. The number of fused-ring (bicyclic) bond motifs is 3. The predicted octanol–water partition coefficient (Wildman–Crippen LogP) is 2.69. The number of nitrogens with two attached hydrogens (primary N) is 4. The summed E-state index contributed by atoms with van der Waals surface area (Å²) >= 11 is 9.82. The van der Waals surface area contributed by atoms with E-state index in [0.717, 1.165) is 42.0 Å². The number of hydrogen-bond acceptors (Lipinski definition) is 24. The molecular weight excluding hydrogens is 1150 g/mol. The molecule has 84 heavy (non-hydrogen) atoms. The largest absolute Gasteiger partial charge is 0.481 e. The Balaban J connectivity index is 0.000000185. The number of carboxylic acid groups (broad SMARTS) is 3. The van der Waals surface area contributed by atoms with E-state index in [1.165, 1.54) is 30.4 Å². The van der Waals surface area contributed by atoms with Crippen LogP contribution in [0, 0.1) is 9.28 Å². The first-order chi connectivity index (χ1) is 39.9. The third-order valence-corrected chi connectivity index (χ3v) is 12.2. The van der Waals surface area contributed by atoms with Crippen LogP contribution < -0.4 is 38.8 Å². The Kier molecular flexibility index (Phi) is 21.8. The van der Waals surface area contributed by atoms with Gasteiger partial charge in [0, 0.05) is 37.3 Å². The number of anilines is 5. The summed E-state index contributed by atoms with van der Waals surface area (Å²) in [4.78, 5) is 105. The SMILES string of the molecule is CN(Cc1cnc2nc(N)nc(N)c2n1)c1ccc(C(=O)N[C@@H](CCC(=O)O)C(=O)O)cc1.Nc1ccn([C@@H]2O[C@H](CO)[C@@H](O)C2(F)F)c(=O)n1.Nc1nc(=S)c2[nH]cnc2[nH]1.O=C(O)CCCc1ccccc1.S=c1nc[nH]c2nc[nH]c12. The third-order valence-electron chi connectivity index (χ3n) is 11.6. The van der Waals surface area contributed by atoms with Gasteiger partial charge in [-0.05, 0) is 55.2 Å². The van der Waals surface area contributed by atoms with E-state index in [1.54, 1.807) is 24.7 Å². The molecule has 442 valence electrons. The van der Waals surface area contributed by atoms with Crippen molar-refractivity contribution < 1.29 is 58.2 Å². The van der Waals surface area contributed by atoms with Crippen LogP contribution in [0.15, 0.2) is 96.8 Å². The number of alkyl halides is 2. The lowest BCUT2D eigenvalue weighted by Crippen LogP contribution is -2.41. The number of amides is 1. The van der Waals surface area contributed by atoms with Gasteiger partial charge in [-0.25, -0.2) is 39.5 Å². The lowest BCUT2D eigenvalue weighted by Gasteiger charge is -2.20. The molecule has 7 aromatic heterocycles. The standard InChI is InChI=1S/C20H22N8O5.C10H12O2.C9H11F2N3O4.C5H5N5S.C5H4N4S/c1-28(9-11-8-23-17-15(24-11)16(21)26-20(22)27-17)12-4-2-10(3-5-12)18(31)25-13(19(32)33)6-7-14(29)30;11-10(12)8-4-7-9-5-2-1-3-6-9;10-9(11)6(16)4(3-15)18-7(9)14-2-1-5(12)13-8(14)17;6-5-9-3-2(4(11)10-5)7-1-8-3;10-5-3-4(7-1-6-3)8-2-9-5/h2-5,8,13H,6-7,9H2,1H3,(H,25,31)(H,29,30)(H,32,33)(H4,21,22,23,26,27);1-3,5-6H,4,7-8H2,(H,11,12);1-2,4,6-7,15-16H,3H2,(H2,12,13,17);1H,(H4,6,7,8,9,10,11);1-2H,(H2,6,7,8,9,10)/t13-;;4-,6-,7-;;/m0.1../s1. The van der Waals surface area contributed by atoms with Gasteiger partial charge in [0.05, 0.1) is 44.0 Å². The zero-order valence-electron chi connectivity index (χ0n) is 43.9. The Labute approximate surface area is 481 Å². The second kappa shape index (κ2) is 29.0. The normalized spacial score (nSPS) is 15.1. The van der Waals surface area contributed by atoms with Crippen LogP contribution in [0.25, 0.3) is 33.5 Å².